The summed E-state index contributed by atoms with van der Waals surface area (Å²) >= 11 is 6.27. The Hall–Kier alpha value is -4.21. The molecule has 5 rings (SSSR count). The molecular formula is C28H27ClN6O3. The maximum Gasteiger partial charge on any atom is 0.243 e. The molecule has 0 bridgehead atoms. The molecule has 0 atom stereocenters. The highest BCUT2D eigenvalue weighted by Gasteiger charge is 2.13. The minimum Gasteiger partial charge on any atom is -0.497 e. The monoisotopic (exact) mass is 530 g/mol. The summed E-state index contributed by atoms with van der Waals surface area (Å²) in [6.45, 7) is 0.699. The maximum absolute atomic E-state index is 11.1. The van der Waals surface area contributed by atoms with Crippen molar-refractivity contribution in [2.24, 2.45) is 0 Å². The SMILES string of the molecule is COc1ccc2nc3cc(Cl)ccc3c(Nc3cccc(-c4cn(CCCCCC(=O)NO)nn4)c3)c2c1. The van der Waals surface area contributed by atoms with E-state index in [-0.39, 0.29) is 5.91 Å². The standard InChI is InChI=1S/C28H27ClN6O3/c1-38-21-10-12-24-23(16-21)28(22-11-9-19(29)15-25(22)31-24)30-20-7-5-6-18(14-20)26-17-35(34-32-26)13-4-2-3-8-27(36)33-37/h5-7,9-12,14-17,37H,2-4,8,13H2,1H3,(H,30,31)(H,33,36). The molecule has 0 radical (unpaired) electrons. The Labute approximate surface area is 224 Å². The van der Waals surface area contributed by atoms with E-state index in [1.165, 1.54) is 0 Å². The number of nitrogens with zero attached hydrogens (tertiary/aromatic N) is 4. The molecule has 0 saturated heterocycles. The second kappa shape index (κ2) is 11.5. The van der Waals surface area contributed by atoms with Crippen LogP contribution in [0.25, 0.3) is 33.1 Å². The first kappa shape index (κ1) is 25.4. The smallest absolute Gasteiger partial charge is 0.243 e. The average Bonchev–Trinajstić information content (AvgIpc) is 3.41. The number of anilines is 2. The number of methoxy groups -OCH3 is 1. The molecule has 0 unspecified atom stereocenters. The molecule has 3 aromatic carbocycles. The van der Waals surface area contributed by atoms with Crippen LogP contribution in [0.5, 0.6) is 5.75 Å². The second-order valence-corrected chi connectivity index (χ2v) is 9.39. The van der Waals surface area contributed by atoms with Crippen molar-refractivity contribution in [1.82, 2.24) is 25.5 Å². The Balaban J connectivity index is 1.38. The number of ether oxygens (including phenoxy) is 1. The lowest BCUT2D eigenvalue weighted by molar-refractivity contribution is -0.129. The minimum atomic E-state index is -0.364. The van der Waals surface area contributed by atoms with Gasteiger partial charge in [-0.25, -0.2) is 10.5 Å². The number of hydrogen-bond acceptors (Lipinski definition) is 7. The molecule has 0 fully saturated rings. The number of unbranched alkanes of at least 4 members (excludes halogenated alkanes) is 2. The fourth-order valence-electron chi connectivity index (χ4n) is 4.39. The molecule has 0 aliphatic rings. The van der Waals surface area contributed by atoms with Crippen LogP contribution in [0, 0.1) is 0 Å². The Morgan fingerprint density at radius 1 is 1.03 bits per heavy atom. The number of pyridine rings is 1. The molecule has 194 valence electrons. The van der Waals surface area contributed by atoms with Crippen LogP contribution in [0.2, 0.25) is 5.02 Å². The third-order valence-electron chi connectivity index (χ3n) is 6.33. The molecule has 9 nitrogen and oxygen atoms in total. The van der Waals surface area contributed by atoms with Crippen LogP contribution < -0.4 is 15.5 Å². The van der Waals surface area contributed by atoms with E-state index < -0.39 is 0 Å². The van der Waals surface area contributed by atoms with Gasteiger partial charge in [0, 0.05) is 40.0 Å². The normalized spacial score (nSPS) is 11.1. The van der Waals surface area contributed by atoms with Gasteiger partial charge in [0.1, 0.15) is 11.4 Å². The van der Waals surface area contributed by atoms with E-state index >= 15 is 0 Å². The minimum absolute atomic E-state index is 0.306. The van der Waals surface area contributed by atoms with E-state index in [9.17, 15) is 4.79 Å². The molecule has 3 N–H and O–H groups in total. The molecular weight excluding hydrogens is 504 g/mol. The highest BCUT2D eigenvalue weighted by Crippen LogP contribution is 2.36. The molecule has 2 heterocycles. The van der Waals surface area contributed by atoms with E-state index in [1.54, 1.807) is 17.3 Å². The number of halogens is 1. The van der Waals surface area contributed by atoms with Crippen LogP contribution in [0.15, 0.2) is 66.9 Å². The first-order chi connectivity index (χ1) is 18.5. The molecule has 0 aliphatic heterocycles. The quantitative estimate of drug-likeness (QED) is 0.0862. The zero-order chi connectivity index (χ0) is 26.5. The number of aryl methyl sites for hydroxylation is 1. The van der Waals surface area contributed by atoms with Crippen molar-refractivity contribution in [3.63, 3.8) is 0 Å². The number of benzene rings is 3. The predicted octanol–water partition coefficient (Wildman–Crippen LogP) is 6.12. The first-order valence-electron chi connectivity index (χ1n) is 12.3. The molecule has 38 heavy (non-hydrogen) atoms. The average molecular weight is 531 g/mol. The Kier molecular flexibility index (Phi) is 7.67. The number of amides is 1. The van der Waals surface area contributed by atoms with Gasteiger partial charge < -0.3 is 10.1 Å². The summed E-state index contributed by atoms with van der Waals surface area (Å²) in [5, 5.41) is 23.3. The predicted molar refractivity (Wildman–Crippen MR) is 148 cm³/mol. The summed E-state index contributed by atoms with van der Waals surface area (Å²) in [5.74, 6) is 0.384. The van der Waals surface area contributed by atoms with Crippen LogP contribution in [0.1, 0.15) is 25.7 Å². The van der Waals surface area contributed by atoms with Crippen molar-refractivity contribution in [2.45, 2.75) is 32.2 Å². The topological polar surface area (TPSA) is 114 Å². The third-order valence-corrected chi connectivity index (χ3v) is 6.56. The largest absolute Gasteiger partial charge is 0.497 e. The van der Waals surface area contributed by atoms with E-state index in [0.717, 1.165) is 63.0 Å². The van der Waals surface area contributed by atoms with Gasteiger partial charge >= 0.3 is 0 Å². The summed E-state index contributed by atoms with van der Waals surface area (Å²) in [7, 11) is 1.65. The van der Waals surface area contributed by atoms with Crippen LogP contribution >= 0.6 is 11.6 Å². The summed E-state index contributed by atoms with van der Waals surface area (Å²) in [5.41, 5.74) is 6.80. The van der Waals surface area contributed by atoms with Gasteiger partial charge in [-0.1, -0.05) is 35.4 Å². The first-order valence-corrected chi connectivity index (χ1v) is 12.7. The molecule has 0 aliphatic carbocycles. The van der Waals surface area contributed by atoms with Crippen molar-refractivity contribution in [1.29, 1.82) is 0 Å². The number of fused-ring (bicyclic) bond motifs is 2. The van der Waals surface area contributed by atoms with Crippen LogP contribution in [0.3, 0.4) is 0 Å². The van der Waals surface area contributed by atoms with E-state index in [0.29, 0.717) is 24.4 Å². The van der Waals surface area contributed by atoms with Crippen LogP contribution in [0.4, 0.5) is 11.4 Å². The number of hydrogen-bond donors (Lipinski definition) is 3. The number of carbonyl (C=O) groups is 1. The van der Waals surface area contributed by atoms with Crippen molar-refractivity contribution in [2.75, 3.05) is 12.4 Å². The van der Waals surface area contributed by atoms with Gasteiger partial charge in [-0.05, 0) is 61.4 Å². The fourth-order valence-corrected chi connectivity index (χ4v) is 4.56. The highest BCUT2D eigenvalue weighted by atomic mass is 35.5. The summed E-state index contributed by atoms with van der Waals surface area (Å²) in [4.78, 5) is 15.9. The van der Waals surface area contributed by atoms with E-state index in [4.69, 9.17) is 26.5 Å². The van der Waals surface area contributed by atoms with Gasteiger partial charge in [0.2, 0.25) is 5.91 Å². The Bertz CT molecular complexity index is 1600. The van der Waals surface area contributed by atoms with Gasteiger partial charge in [-0.3, -0.25) is 14.7 Å². The molecule has 5 aromatic rings. The van der Waals surface area contributed by atoms with Gasteiger partial charge in [-0.15, -0.1) is 5.10 Å². The van der Waals surface area contributed by atoms with Gasteiger partial charge in [-0.2, -0.15) is 0 Å². The lowest BCUT2D eigenvalue weighted by Crippen LogP contribution is -2.17. The molecule has 0 saturated carbocycles. The molecule has 0 spiro atoms. The van der Waals surface area contributed by atoms with Gasteiger partial charge in [0.25, 0.3) is 0 Å². The lowest BCUT2D eigenvalue weighted by atomic mass is 10.1. The molecule has 2 aromatic heterocycles. The zero-order valence-corrected chi connectivity index (χ0v) is 21.6. The number of hydroxylamine groups is 1. The number of nitrogens with one attached hydrogen (secondary N) is 2. The fraction of sp³-hybridized carbons (Fsp3) is 0.214. The number of rotatable bonds is 10. The third kappa shape index (κ3) is 5.69. The summed E-state index contributed by atoms with van der Waals surface area (Å²) in [6, 6.07) is 19.5. The van der Waals surface area contributed by atoms with E-state index in [1.807, 2.05) is 66.9 Å². The lowest BCUT2D eigenvalue weighted by Gasteiger charge is -2.15. The molecule has 10 heteroatoms. The highest BCUT2D eigenvalue weighted by molar-refractivity contribution is 6.31. The van der Waals surface area contributed by atoms with Gasteiger partial charge in [0.15, 0.2) is 0 Å². The van der Waals surface area contributed by atoms with E-state index in [2.05, 4.69) is 15.6 Å². The zero-order valence-electron chi connectivity index (χ0n) is 20.8. The van der Waals surface area contributed by atoms with Crippen molar-refractivity contribution >= 4 is 50.7 Å². The van der Waals surface area contributed by atoms with Crippen molar-refractivity contribution < 1.29 is 14.7 Å². The Morgan fingerprint density at radius 3 is 2.76 bits per heavy atom. The van der Waals surface area contributed by atoms with Crippen molar-refractivity contribution in [3.8, 4) is 17.0 Å². The maximum atomic E-state index is 11.1. The van der Waals surface area contributed by atoms with Gasteiger partial charge in [0.05, 0.1) is 30.0 Å². The number of aromatic nitrogens is 4. The van der Waals surface area contributed by atoms with Crippen molar-refractivity contribution in [3.05, 3.63) is 71.9 Å². The summed E-state index contributed by atoms with van der Waals surface area (Å²) < 4.78 is 7.28. The van der Waals surface area contributed by atoms with Crippen LogP contribution in [-0.2, 0) is 11.3 Å². The van der Waals surface area contributed by atoms with Crippen LogP contribution in [-0.4, -0.2) is 38.2 Å². The second-order valence-electron chi connectivity index (χ2n) is 8.95. The Morgan fingerprint density at radius 2 is 1.92 bits per heavy atom. The number of carbonyl (C=O) groups excluding carboxylic acids is 1. The summed E-state index contributed by atoms with van der Waals surface area (Å²) in [6.07, 6.45) is 4.65. The molecule has 1 amide bonds.